The van der Waals surface area contributed by atoms with Crippen molar-refractivity contribution in [3.05, 3.63) is 33.8 Å². The molecule has 1 rings (SSSR count). The highest BCUT2D eigenvalue weighted by molar-refractivity contribution is 6.36. The molecule has 0 spiro atoms. The first-order chi connectivity index (χ1) is 7.20. The highest BCUT2D eigenvalue weighted by Gasteiger charge is 2.16. The van der Waals surface area contributed by atoms with E-state index in [-0.39, 0.29) is 12.9 Å². The van der Waals surface area contributed by atoms with E-state index in [1.54, 1.807) is 7.11 Å². The first-order valence-electron chi connectivity index (χ1n) is 4.75. The average molecular weight is 249 g/mol. The molecular weight excluding hydrogens is 235 g/mol. The van der Waals surface area contributed by atoms with Crippen LogP contribution in [0, 0.1) is 0 Å². The van der Waals surface area contributed by atoms with E-state index in [1.807, 2.05) is 25.1 Å². The summed E-state index contributed by atoms with van der Waals surface area (Å²) in [6.07, 6.45) is 0.679. The minimum absolute atomic E-state index is 0.119. The molecule has 0 N–H and O–H groups in total. The fourth-order valence-corrected chi connectivity index (χ4v) is 2.01. The Morgan fingerprint density at radius 1 is 1.27 bits per heavy atom. The van der Waals surface area contributed by atoms with Gasteiger partial charge in [-0.05, 0) is 18.6 Å². The van der Waals surface area contributed by atoms with Crippen LogP contribution in [0.3, 0.4) is 0 Å². The van der Waals surface area contributed by atoms with Crippen molar-refractivity contribution in [3.63, 3.8) is 0 Å². The standard InChI is InChI=1S/C11H14Cl2O2/c1-3-10(15-7-14-2)11-8(12)5-4-6-9(11)13/h4-6,10H,3,7H2,1-2H3/t10-/m0/s1. The Morgan fingerprint density at radius 3 is 2.33 bits per heavy atom. The molecule has 0 aliphatic rings. The zero-order chi connectivity index (χ0) is 11.3. The molecule has 0 bridgehead atoms. The molecule has 0 unspecified atom stereocenters. The zero-order valence-electron chi connectivity index (χ0n) is 8.80. The Bertz CT molecular complexity index is 295. The summed E-state index contributed by atoms with van der Waals surface area (Å²) in [7, 11) is 1.58. The van der Waals surface area contributed by atoms with Crippen molar-refractivity contribution in [2.24, 2.45) is 0 Å². The van der Waals surface area contributed by atoms with Gasteiger partial charge in [-0.1, -0.05) is 36.2 Å². The van der Waals surface area contributed by atoms with E-state index >= 15 is 0 Å². The van der Waals surface area contributed by atoms with Crippen molar-refractivity contribution in [3.8, 4) is 0 Å². The Balaban J connectivity index is 2.90. The smallest absolute Gasteiger partial charge is 0.147 e. The van der Waals surface area contributed by atoms with Gasteiger partial charge in [0.2, 0.25) is 0 Å². The Kier molecular flexibility index (Phi) is 5.40. The second kappa shape index (κ2) is 6.33. The predicted molar refractivity (Wildman–Crippen MR) is 62.5 cm³/mol. The lowest BCUT2D eigenvalue weighted by molar-refractivity contribution is -0.0742. The van der Waals surface area contributed by atoms with Gasteiger partial charge in [-0.2, -0.15) is 0 Å². The predicted octanol–water partition coefficient (Wildman–Crippen LogP) is 4.07. The lowest BCUT2D eigenvalue weighted by atomic mass is 10.1. The summed E-state index contributed by atoms with van der Waals surface area (Å²) in [6.45, 7) is 2.25. The Hall–Kier alpha value is -0.280. The minimum atomic E-state index is -0.119. The number of hydrogen-bond acceptors (Lipinski definition) is 2. The monoisotopic (exact) mass is 248 g/mol. The van der Waals surface area contributed by atoms with Crippen molar-refractivity contribution in [1.29, 1.82) is 0 Å². The molecule has 0 aliphatic heterocycles. The van der Waals surface area contributed by atoms with Crippen LogP contribution in [-0.2, 0) is 9.47 Å². The molecule has 0 saturated heterocycles. The van der Waals surface area contributed by atoms with E-state index < -0.39 is 0 Å². The maximum atomic E-state index is 6.08. The first-order valence-corrected chi connectivity index (χ1v) is 5.50. The molecule has 0 radical (unpaired) electrons. The Labute approximate surface area is 100 Å². The van der Waals surface area contributed by atoms with Gasteiger partial charge in [0.15, 0.2) is 0 Å². The molecule has 1 aromatic rings. The van der Waals surface area contributed by atoms with Gasteiger partial charge in [0.05, 0.1) is 6.10 Å². The minimum Gasteiger partial charge on any atom is -0.359 e. The summed E-state index contributed by atoms with van der Waals surface area (Å²) in [6, 6.07) is 5.43. The highest BCUT2D eigenvalue weighted by atomic mass is 35.5. The van der Waals surface area contributed by atoms with Crippen LogP contribution in [0.2, 0.25) is 10.0 Å². The fourth-order valence-electron chi connectivity index (χ4n) is 1.37. The third-order valence-corrected chi connectivity index (χ3v) is 2.74. The number of methoxy groups -OCH3 is 1. The van der Waals surface area contributed by atoms with Crippen molar-refractivity contribution in [2.75, 3.05) is 13.9 Å². The number of halogens is 2. The van der Waals surface area contributed by atoms with E-state index in [0.29, 0.717) is 10.0 Å². The maximum absolute atomic E-state index is 6.08. The lowest BCUT2D eigenvalue weighted by Gasteiger charge is -2.18. The number of benzene rings is 1. The molecule has 0 aliphatic carbocycles. The molecule has 0 fully saturated rings. The molecule has 84 valence electrons. The van der Waals surface area contributed by atoms with Crippen molar-refractivity contribution in [2.45, 2.75) is 19.4 Å². The van der Waals surface area contributed by atoms with Crippen molar-refractivity contribution >= 4 is 23.2 Å². The van der Waals surface area contributed by atoms with Gasteiger partial charge in [0.1, 0.15) is 6.79 Å². The van der Waals surface area contributed by atoms with Crippen LogP contribution in [-0.4, -0.2) is 13.9 Å². The van der Waals surface area contributed by atoms with Gasteiger partial charge in [-0.3, -0.25) is 0 Å². The quantitative estimate of drug-likeness (QED) is 0.732. The highest BCUT2D eigenvalue weighted by Crippen LogP contribution is 2.33. The van der Waals surface area contributed by atoms with Gasteiger partial charge >= 0.3 is 0 Å². The number of hydrogen-bond donors (Lipinski definition) is 0. The lowest BCUT2D eigenvalue weighted by Crippen LogP contribution is -2.07. The molecule has 0 saturated carbocycles. The number of rotatable bonds is 5. The van der Waals surface area contributed by atoms with Gasteiger partial charge in [0.25, 0.3) is 0 Å². The second-order valence-electron chi connectivity index (χ2n) is 3.11. The van der Waals surface area contributed by atoms with Gasteiger partial charge in [-0.25, -0.2) is 0 Å². The van der Waals surface area contributed by atoms with E-state index in [4.69, 9.17) is 32.7 Å². The van der Waals surface area contributed by atoms with Crippen LogP contribution in [0.4, 0.5) is 0 Å². The Morgan fingerprint density at radius 2 is 1.87 bits per heavy atom. The molecule has 4 heteroatoms. The summed E-state index contributed by atoms with van der Waals surface area (Å²) >= 11 is 12.2. The average Bonchev–Trinajstić information content (AvgIpc) is 2.22. The third kappa shape index (κ3) is 3.35. The van der Waals surface area contributed by atoms with E-state index in [9.17, 15) is 0 Å². The number of ether oxygens (including phenoxy) is 2. The SMILES string of the molecule is CC[C@H](OCOC)c1c(Cl)cccc1Cl. The van der Waals surface area contributed by atoms with Crippen LogP contribution in [0.5, 0.6) is 0 Å². The van der Waals surface area contributed by atoms with Crippen molar-refractivity contribution in [1.82, 2.24) is 0 Å². The van der Waals surface area contributed by atoms with Crippen LogP contribution in [0.1, 0.15) is 25.0 Å². The normalized spacial score (nSPS) is 12.8. The maximum Gasteiger partial charge on any atom is 0.147 e. The van der Waals surface area contributed by atoms with Crippen LogP contribution in [0.15, 0.2) is 18.2 Å². The van der Waals surface area contributed by atoms with Crippen molar-refractivity contribution < 1.29 is 9.47 Å². The molecule has 1 aromatic carbocycles. The molecule has 1 atom stereocenters. The summed E-state index contributed by atoms with van der Waals surface area (Å²) in [5, 5.41) is 1.26. The van der Waals surface area contributed by atoms with Crippen LogP contribution >= 0.6 is 23.2 Å². The van der Waals surface area contributed by atoms with Gasteiger partial charge in [0, 0.05) is 22.7 Å². The molecule has 0 heterocycles. The van der Waals surface area contributed by atoms with Gasteiger partial charge < -0.3 is 9.47 Å². The molecule has 0 aromatic heterocycles. The van der Waals surface area contributed by atoms with Gasteiger partial charge in [-0.15, -0.1) is 0 Å². The summed E-state index contributed by atoms with van der Waals surface area (Å²) < 4.78 is 10.4. The van der Waals surface area contributed by atoms with Crippen LogP contribution < -0.4 is 0 Å². The largest absolute Gasteiger partial charge is 0.359 e. The summed E-state index contributed by atoms with van der Waals surface area (Å²) in [5.74, 6) is 0. The molecular formula is C11H14Cl2O2. The van der Waals surface area contributed by atoms with Crippen LogP contribution in [0.25, 0.3) is 0 Å². The van der Waals surface area contributed by atoms with E-state index in [0.717, 1.165) is 12.0 Å². The second-order valence-corrected chi connectivity index (χ2v) is 3.92. The summed E-state index contributed by atoms with van der Waals surface area (Å²) in [5.41, 5.74) is 0.834. The third-order valence-electron chi connectivity index (χ3n) is 2.08. The molecule has 0 amide bonds. The first kappa shape index (κ1) is 12.8. The van der Waals surface area contributed by atoms with E-state index in [1.165, 1.54) is 0 Å². The topological polar surface area (TPSA) is 18.5 Å². The fraction of sp³-hybridized carbons (Fsp3) is 0.455. The molecule has 15 heavy (non-hydrogen) atoms. The zero-order valence-corrected chi connectivity index (χ0v) is 10.3. The van der Waals surface area contributed by atoms with E-state index in [2.05, 4.69) is 0 Å². The summed E-state index contributed by atoms with van der Waals surface area (Å²) in [4.78, 5) is 0. The molecule has 2 nitrogen and oxygen atoms in total.